The lowest BCUT2D eigenvalue weighted by atomic mass is 9.77. The van der Waals surface area contributed by atoms with Crippen molar-refractivity contribution in [1.82, 2.24) is 15.3 Å². The first-order chi connectivity index (χ1) is 18.8. The molecular weight excluding hydrogens is 557 g/mol. The van der Waals surface area contributed by atoms with Crippen molar-refractivity contribution in [1.29, 1.82) is 0 Å². The molecule has 39 heavy (non-hydrogen) atoms. The standard InChI is InChI=1S/C30H26Cl3N3O3/c1-39-28(37)26(36-29(38)30(12-2-3-13-30)20-6-8-21(31)9-7-20)15-18-4-10-24-19(14-18)5-11-25(35-24)27-22(32)16-34-17-23(27)33/h4-11,14,16-17,26H,2-3,12-13,15H2,1H3,(H,36,38)/t26-/m0/s1. The predicted molar refractivity (Wildman–Crippen MR) is 154 cm³/mol. The number of rotatable bonds is 7. The number of amides is 1. The number of hydrogen-bond donors (Lipinski definition) is 1. The molecule has 0 radical (unpaired) electrons. The minimum absolute atomic E-state index is 0.170. The van der Waals surface area contributed by atoms with Crippen LogP contribution in [0.3, 0.4) is 0 Å². The summed E-state index contributed by atoms with van der Waals surface area (Å²) in [5.74, 6) is -0.668. The van der Waals surface area contributed by atoms with Gasteiger partial charge in [-0.2, -0.15) is 0 Å². The van der Waals surface area contributed by atoms with Crippen LogP contribution in [0.1, 0.15) is 36.8 Å². The summed E-state index contributed by atoms with van der Waals surface area (Å²) < 4.78 is 5.06. The van der Waals surface area contributed by atoms with E-state index in [1.807, 2.05) is 42.5 Å². The van der Waals surface area contributed by atoms with Gasteiger partial charge in [0.15, 0.2) is 0 Å². The van der Waals surface area contributed by atoms with E-state index in [1.165, 1.54) is 19.5 Å². The largest absolute Gasteiger partial charge is 0.467 e. The third-order valence-electron chi connectivity index (χ3n) is 7.38. The number of benzene rings is 2. The summed E-state index contributed by atoms with van der Waals surface area (Å²) in [6.07, 6.45) is 6.63. The van der Waals surface area contributed by atoms with Crippen LogP contribution in [0.5, 0.6) is 0 Å². The molecule has 2 aromatic carbocycles. The molecule has 1 N–H and O–H groups in total. The maximum Gasteiger partial charge on any atom is 0.328 e. The fourth-order valence-corrected chi connectivity index (χ4v) is 6.04. The third-order valence-corrected chi connectivity index (χ3v) is 8.21. The molecule has 2 aromatic heterocycles. The van der Waals surface area contributed by atoms with Crippen LogP contribution in [0, 0.1) is 0 Å². The Balaban J connectivity index is 1.40. The lowest BCUT2D eigenvalue weighted by Gasteiger charge is -2.30. The number of nitrogens with one attached hydrogen (secondary N) is 1. The summed E-state index contributed by atoms with van der Waals surface area (Å²) in [4.78, 5) is 35.2. The lowest BCUT2D eigenvalue weighted by Crippen LogP contribution is -2.50. The molecule has 4 aromatic rings. The zero-order valence-electron chi connectivity index (χ0n) is 21.2. The average molecular weight is 583 g/mol. The second-order valence-electron chi connectivity index (χ2n) is 9.75. The van der Waals surface area contributed by atoms with Crippen LogP contribution in [0.4, 0.5) is 0 Å². The van der Waals surface area contributed by atoms with Crippen molar-refractivity contribution < 1.29 is 14.3 Å². The van der Waals surface area contributed by atoms with Crippen LogP contribution >= 0.6 is 34.8 Å². The predicted octanol–water partition coefficient (Wildman–Crippen LogP) is 6.97. The number of esters is 1. The van der Waals surface area contributed by atoms with Crippen molar-refractivity contribution in [3.8, 4) is 11.3 Å². The van der Waals surface area contributed by atoms with Gasteiger partial charge in [0.2, 0.25) is 5.91 Å². The highest BCUT2D eigenvalue weighted by atomic mass is 35.5. The van der Waals surface area contributed by atoms with E-state index in [9.17, 15) is 9.59 Å². The number of ether oxygens (including phenoxy) is 1. The molecule has 1 aliphatic carbocycles. The fraction of sp³-hybridized carbons (Fsp3) is 0.267. The van der Waals surface area contributed by atoms with E-state index in [2.05, 4.69) is 10.3 Å². The van der Waals surface area contributed by atoms with Gasteiger partial charge < -0.3 is 10.1 Å². The van der Waals surface area contributed by atoms with Gasteiger partial charge in [-0.05, 0) is 54.3 Å². The van der Waals surface area contributed by atoms with Gasteiger partial charge in [-0.25, -0.2) is 9.78 Å². The van der Waals surface area contributed by atoms with Crippen LogP contribution in [0.2, 0.25) is 15.1 Å². The summed E-state index contributed by atoms with van der Waals surface area (Å²) in [6.45, 7) is 0. The van der Waals surface area contributed by atoms with Gasteiger partial charge in [-0.15, -0.1) is 0 Å². The summed E-state index contributed by atoms with van der Waals surface area (Å²) >= 11 is 18.7. The highest BCUT2D eigenvalue weighted by Gasteiger charge is 2.44. The van der Waals surface area contributed by atoms with Crippen LogP contribution in [-0.4, -0.2) is 35.0 Å². The molecule has 5 rings (SSSR count). The molecular formula is C30H26Cl3N3O3. The van der Waals surface area contributed by atoms with Crippen LogP contribution in [0.15, 0.2) is 67.0 Å². The Labute approximate surface area is 241 Å². The van der Waals surface area contributed by atoms with Crippen molar-refractivity contribution in [3.05, 3.63) is 93.2 Å². The summed E-state index contributed by atoms with van der Waals surface area (Å²) in [5, 5.41) is 5.33. The zero-order valence-corrected chi connectivity index (χ0v) is 23.5. The molecule has 9 heteroatoms. The van der Waals surface area contributed by atoms with Crippen molar-refractivity contribution in [2.45, 2.75) is 43.6 Å². The number of methoxy groups -OCH3 is 1. The molecule has 1 amide bonds. The normalized spacial score (nSPS) is 15.2. The molecule has 6 nitrogen and oxygen atoms in total. The van der Waals surface area contributed by atoms with Crippen molar-refractivity contribution in [2.75, 3.05) is 7.11 Å². The van der Waals surface area contributed by atoms with Crippen molar-refractivity contribution in [3.63, 3.8) is 0 Å². The number of nitrogens with zero attached hydrogens (tertiary/aromatic N) is 2. The van der Waals surface area contributed by atoms with Crippen LogP contribution in [0.25, 0.3) is 22.2 Å². The molecule has 0 bridgehead atoms. The minimum atomic E-state index is -0.841. The highest BCUT2D eigenvalue weighted by molar-refractivity contribution is 6.38. The molecule has 0 unspecified atom stereocenters. The number of aromatic nitrogens is 2. The summed E-state index contributed by atoms with van der Waals surface area (Å²) in [7, 11) is 1.33. The first-order valence-corrected chi connectivity index (χ1v) is 13.8. The number of carbonyl (C=O) groups is 2. The number of hydrogen-bond acceptors (Lipinski definition) is 5. The van der Waals surface area contributed by atoms with Gasteiger partial charge >= 0.3 is 5.97 Å². The number of pyridine rings is 2. The molecule has 1 aliphatic rings. The van der Waals surface area contributed by atoms with E-state index in [1.54, 1.807) is 12.1 Å². The molecule has 200 valence electrons. The minimum Gasteiger partial charge on any atom is -0.467 e. The SMILES string of the molecule is COC(=O)[C@H](Cc1ccc2nc(-c3c(Cl)cncc3Cl)ccc2c1)NC(=O)C1(c2ccc(Cl)cc2)CCCC1. The third kappa shape index (κ3) is 5.60. The van der Waals surface area contributed by atoms with Gasteiger partial charge in [0.1, 0.15) is 6.04 Å². The van der Waals surface area contributed by atoms with Crippen LogP contribution < -0.4 is 5.32 Å². The Morgan fingerprint density at radius 3 is 2.33 bits per heavy atom. The Morgan fingerprint density at radius 2 is 1.67 bits per heavy atom. The first kappa shape index (κ1) is 27.4. The van der Waals surface area contributed by atoms with Gasteiger partial charge in [-0.3, -0.25) is 9.78 Å². The maximum atomic E-state index is 13.7. The van der Waals surface area contributed by atoms with E-state index in [4.69, 9.17) is 44.5 Å². The second-order valence-corrected chi connectivity index (χ2v) is 11.0. The monoisotopic (exact) mass is 581 g/mol. The number of carbonyl (C=O) groups excluding carboxylic acids is 2. The van der Waals surface area contributed by atoms with Crippen molar-refractivity contribution in [2.24, 2.45) is 0 Å². The van der Waals surface area contributed by atoms with E-state index >= 15 is 0 Å². The smallest absolute Gasteiger partial charge is 0.328 e. The molecule has 2 heterocycles. The summed E-state index contributed by atoms with van der Waals surface area (Å²) in [6, 6.07) is 16.0. The molecule has 0 saturated heterocycles. The molecule has 1 saturated carbocycles. The van der Waals surface area contributed by atoms with E-state index < -0.39 is 17.4 Å². The molecule has 0 aliphatic heterocycles. The zero-order chi connectivity index (χ0) is 27.6. The van der Waals surface area contributed by atoms with E-state index in [0.717, 1.165) is 34.9 Å². The Hall–Kier alpha value is -3.19. The van der Waals surface area contributed by atoms with Crippen molar-refractivity contribution >= 4 is 57.6 Å². The van der Waals surface area contributed by atoms with Gasteiger partial charge in [0, 0.05) is 34.8 Å². The number of fused-ring (bicyclic) bond motifs is 1. The fourth-order valence-electron chi connectivity index (χ4n) is 5.36. The van der Waals surface area contributed by atoms with E-state index in [0.29, 0.717) is 39.2 Å². The Kier molecular flexibility index (Phi) is 8.08. The quantitative estimate of drug-likeness (QED) is 0.238. The Bertz CT molecular complexity index is 1520. The van der Waals surface area contributed by atoms with Gasteiger partial charge in [0.05, 0.1) is 33.8 Å². The average Bonchev–Trinajstić information content (AvgIpc) is 3.44. The van der Waals surface area contributed by atoms with Gasteiger partial charge in [0.25, 0.3) is 0 Å². The summed E-state index contributed by atoms with van der Waals surface area (Å²) in [5.41, 5.74) is 3.07. The van der Waals surface area contributed by atoms with E-state index in [-0.39, 0.29) is 12.3 Å². The Morgan fingerprint density at radius 1 is 0.974 bits per heavy atom. The van der Waals surface area contributed by atoms with Crippen LogP contribution in [-0.2, 0) is 26.2 Å². The number of halogens is 3. The lowest BCUT2D eigenvalue weighted by molar-refractivity contribution is -0.145. The maximum absolute atomic E-state index is 13.7. The molecule has 1 atom stereocenters. The topological polar surface area (TPSA) is 81.2 Å². The van der Waals surface area contributed by atoms with Gasteiger partial charge in [-0.1, -0.05) is 71.9 Å². The first-order valence-electron chi connectivity index (χ1n) is 12.6. The second kappa shape index (κ2) is 11.5. The highest BCUT2D eigenvalue weighted by Crippen LogP contribution is 2.42. The molecule has 1 fully saturated rings. The molecule has 0 spiro atoms.